The van der Waals surface area contributed by atoms with Crippen molar-refractivity contribution >= 4 is 23.9 Å². The molecule has 0 saturated heterocycles. The van der Waals surface area contributed by atoms with E-state index in [1.165, 1.54) is 0 Å². The van der Waals surface area contributed by atoms with Crippen molar-refractivity contribution in [2.45, 2.75) is 112 Å². The minimum Gasteiger partial charge on any atom is -0.466 e. The first-order valence-electron chi connectivity index (χ1n) is 14.1. The smallest absolute Gasteiger partial charge is 0.408 e. The number of amides is 3. The summed E-state index contributed by atoms with van der Waals surface area (Å²) in [6, 6.07) is 5.41. The molecule has 0 spiro atoms. The number of esters is 1. The molecule has 0 aliphatic rings. The highest BCUT2D eigenvalue weighted by molar-refractivity contribution is 5.92. The number of nitrogens with zero attached hydrogens (tertiary/aromatic N) is 1. The number of ether oxygens (including phenoxy) is 2. The van der Waals surface area contributed by atoms with E-state index >= 15 is 0 Å². The summed E-state index contributed by atoms with van der Waals surface area (Å²) < 4.78 is 10.4. The van der Waals surface area contributed by atoms with Crippen molar-refractivity contribution in [3.8, 4) is 0 Å². The molecule has 0 aliphatic heterocycles. The predicted octanol–water partition coefficient (Wildman–Crippen LogP) is 4.93. The van der Waals surface area contributed by atoms with Crippen LogP contribution in [-0.4, -0.2) is 59.6 Å². The monoisotopic (exact) mass is 547 g/mol. The molecule has 220 valence electrons. The third-order valence-corrected chi connectivity index (χ3v) is 6.64. The van der Waals surface area contributed by atoms with E-state index in [1.807, 2.05) is 58.9 Å². The lowest BCUT2D eigenvalue weighted by Crippen LogP contribution is -2.57. The summed E-state index contributed by atoms with van der Waals surface area (Å²) in [7, 11) is 0. The highest BCUT2D eigenvalue weighted by atomic mass is 16.6. The molecule has 4 atom stereocenters. The predicted molar refractivity (Wildman–Crippen MR) is 152 cm³/mol. The average molecular weight is 548 g/mol. The maximum absolute atomic E-state index is 14.3. The third-order valence-electron chi connectivity index (χ3n) is 6.64. The number of nitrogens with one attached hydrogen (secondary N) is 2. The number of benzene rings is 1. The average Bonchev–Trinajstić information content (AvgIpc) is 2.88. The Morgan fingerprint density at radius 3 is 2.05 bits per heavy atom. The van der Waals surface area contributed by atoms with Crippen LogP contribution in [0.4, 0.5) is 4.79 Å². The summed E-state index contributed by atoms with van der Waals surface area (Å²) in [5.74, 6) is -1.39. The Hall–Kier alpha value is -3.10. The summed E-state index contributed by atoms with van der Waals surface area (Å²) in [6.45, 7) is 17.0. The topological polar surface area (TPSA) is 114 Å². The zero-order chi connectivity index (χ0) is 29.8. The van der Waals surface area contributed by atoms with Crippen LogP contribution in [0.25, 0.3) is 0 Å². The zero-order valence-electron chi connectivity index (χ0n) is 25.3. The van der Waals surface area contributed by atoms with Crippen molar-refractivity contribution in [2.24, 2.45) is 5.92 Å². The summed E-state index contributed by atoms with van der Waals surface area (Å²) in [4.78, 5) is 54.1. The van der Waals surface area contributed by atoms with Gasteiger partial charge in [-0.3, -0.25) is 14.4 Å². The standard InChI is InChI=1S/C30H49N3O6/c1-10-20(5)25(32-29(37)39-30(7,8)9)28(36)33(21(6)11-2)26(23-16-14-22(12-3)15-17-23)27(35)31-19-18-24(34)38-13-4/h14-17,20-21,25-26H,10-13,18-19H2,1-9H3,(H,31,35)(H,32,37). The zero-order valence-corrected chi connectivity index (χ0v) is 25.3. The number of carbonyl (C=O) groups is 4. The van der Waals surface area contributed by atoms with Crippen LogP contribution in [-0.2, 0) is 30.3 Å². The highest BCUT2D eigenvalue weighted by Gasteiger charge is 2.40. The van der Waals surface area contributed by atoms with Crippen molar-refractivity contribution in [2.75, 3.05) is 13.2 Å². The van der Waals surface area contributed by atoms with Crippen LogP contribution in [0.5, 0.6) is 0 Å². The molecule has 0 bridgehead atoms. The first-order valence-corrected chi connectivity index (χ1v) is 14.1. The minimum absolute atomic E-state index is 0.0219. The number of aryl methyl sites for hydroxylation is 1. The third kappa shape index (κ3) is 10.9. The Morgan fingerprint density at radius 1 is 0.949 bits per heavy atom. The number of alkyl carbamates (subject to hydrolysis) is 1. The van der Waals surface area contributed by atoms with Gasteiger partial charge in [0, 0.05) is 12.6 Å². The van der Waals surface area contributed by atoms with Gasteiger partial charge in [-0.05, 0) is 64.5 Å². The van der Waals surface area contributed by atoms with Gasteiger partial charge in [0.15, 0.2) is 0 Å². The van der Waals surface area contributed by atoms with Crippen molar-refractivity contribution in [3.05, 3.63) is 35.4 Å². The molecule has 9 nitrogen and oxygen atoms in total. The van der Waals surface area contributed by atoms with Gasteiger partial charge in [-0.15, -0.1) is 0 Å². The van der Waals surface area contributed by atoms with E-state index in [2.05, 4.69) is 10.6 Å². The van der Waals surface area contributed by atoms with Gasteiger partial charge in [-0.25, -0.2) is 4.79 Å². The second kappa shape index (κ2) is 16.1. The number of hydrogen-bond acceptors (Lipinski definition) is 6. The molecule has 39 heavy (non-hydrogen) atoms. The van der Waals surface area contributed by atoms with Crippen molar-refractivity contribution < 1.29 is 28.7 Å². The fourth-order valence-corrected chi connectivity index (χ4v) is 4.07. The molecular formula is C30H49N3O6. The molecule has 0 saturated carbocycles. The normalized spacial score (nSPS) is 14.4. The van der Waals surface area contributed by atoms with E-state index in [1.54, 1.807) is 32.6 Å². The number of rotatable bonds is 14. The Labute approximate surface area is 234 Å². The maximum atomic E-state index is 14.3. The summed E-state index contributed by atoms with van der Waals surface area (Å²) in [6.07, 6.45) is 1.38. The van der Waals surface area contributed by atoms with Gasteiger partial charge in [0.1, 0.15) is 17.7 Å². The van der Waals surface area contributed by atoms with Gasteiger partial charge in [-0.1, -0.05) is 58.4 Å². The summed E-state index contributed by atoms with van der Waals surface area (Å²) >= 11 is 0. The van der Waals surface area contributed by atoms with E-state index in [0.717, 1.165) is 12.0 Å². The van der Waals surface area contributed by atoms with Crippen molar-refractivity contribution in [1.82, 2.24) is 15.5 Å². The molecule has 0 fully saturated rings. The first kappa shape index (κ1) is 33.9. The molecule has 3 amide bonds. The largest absolute Gasteiger partial charge is 0.466 e. The molecule has 1 aromatic rings. The van der Waals surface area contributed by atoms with E-state index in [0.29, 0.717) is 18.4 Å². The van der Waals surface area contributed by atoms with E-state index in [4.69, 9.17) is 9.47 Å². The maximum Gasteiger partial charge on any atom is 0.408 e. The molecule has 0 heterocycles. The molecule has 2 N–H and O–H groups in total. The SMILES string of the molecule is CCOC(=O)CCNC(=O)C(c1ccc(CC)cc1)N(C(=O)C(NC(=O)OC(C)(C)C)C(C)CC)C(C)CC. The van der Waals surface area contributed by atoms with Gasteiger partial charge < -0.3 is 25.0 Å². The van der Waals surface area contributed by atoms with Gasteiger partial charge in [0.05, 0.1) is 13.0 Å². The van der Waals surface area contributed by atoms with Crippen LogP contribution >= 0.6 is 0 Å². The van der Waals surface area contributed by atoms with E-state index in [9.17, 15) is 19.2 Å². The Bertz CT molecular complexity index is 941. The van der Waals surface area contributed by atoms with Gasteiger partial charge >= 0.3 is 12.1 Å². The molecule has 1 aromatic carbocycles. The van der Waals surface area contributed by atoms with Crippen LogP contribution in [0.15, 0.2) is 24.3 Å². The van der Waals surface area contributed by atoms with Crippen LogP contribution in [0.1, 0.15) is 98.7 Å². The Morgan fingerprint density at radius 2 is 1.56 bits per heavy atom. The number of hydrogen-bond donors (Lipinski definition) is 2. The van der Waals surface area contributed by atoms with Crippen LogP contribution in [0.2, 0.25) is 0 Å². The molecule has 1 rings (SSSR count). The van der Waals surface area contributed by atoms with Crippen LogP contribution in [0, 0.1) is 5.92 Å². The fourth-order valence-electron chi connectivity index (χ4n) is 4.07. The van der Waals surface area contributed by atoms with Crippen molar-refractivity contribution in [3.63, 3.8) is 0 Å². The minimum atomic E-state index is -0.965. The quantitative estimate of drug-likeness (QED) is 0.320. The van der Waals surface area contributed by atoms with E-state index in [-0.39, 0.29) is 37.4 Å². The molecule has 4 unspecified atom stereocenters. The van der Waals surface area contributed by atoms with Crippen LogP contribution < -0.4 is 10.6 Å². The second-order valence-corrected chi connectivity index (χ2v) is 10.9. The Kier molecular flexibility index (Phi) is 14.0. The first-order chi connectivity index (χ1) is 18.3. The molecule has 0 radical (unpaired) electrons. The van der Waals surface area contributed by atoms with Crippen molar-refractivity contribution in [1.29, 1.82) is 0 Å². The van der Waals surface area contributed by atoms with Crippen LogP contribution in [0.3, 0.4) is 0 Å². The number of carbonyl (C=O) groups excluding carboxylic acids is 4. The fraction of sp³-hybridized carbons (Fsp3) is 0.667. The van der Waals surface area contributed by atoms with Gasteiger partial charge in [-0.2, -0.15) is 0 Å². The Balaban J connectivity index is 3.49. The van der Waals surface area contributed by atoms with Gasteiger partial charge in [0.2, 0.25) is 11.8 Å². The second-order valence-electron chi connectivity index (χ2n) is 10.9. The lowest BCUT2D eigenvalue weighted by Gasteiger charge is -2.39. The highest BCUT2D eigenvalue weighted by Crippen LogP contribution is 2.28. The molecule has 9 heteroatoms. The lowest BCUT2D eigenvalue weighted by atomic mass is 9.94. The molecule has 0 aromatic heterocycles. The van der Waals surface area contributed by atoms with Gasteiger partial charge in [0.25, 0.3) is 0 Å². The molecule has 0 aliphatic carbocycles. The van der Waals surface area contributed by atoms with E-state index < -0.39 is 35.7 Å². The lowest BCUT2D eigenvalue weighted by molar-refractivity contribution is -0.146. The molecular weight excluding hydrogens is 498 g/mol. The summed E-state index contributed by atoms with van der Waals surface area (Å²) in [5, 5.41) is 5.60. The summed E-state index contributed by atoms with van der Waals surface area (Å²) in [5.41, 5.74) is 1.02.